The van der Waals surface area contributed by atoms with Gasteiger partial charge in [-0.3, -0.25) is 0 Å². The van der Waals surface area contributed by atoms with Crippen LogP contribution in [0.25, 0.3) is 0 Å². The van der Waals surface area contributed by atoms with Crippen molar-refractivity contribution in [1.29, 1.82) is 0 Å². The Morgan fingerprint density at radius 2 is 1.27 bits per heavy atom. The third-order valence-corrected chi connectivity index (χ3v) is 3.81. The van der Waals surface area contributed by atoms with Gasteiger partial charge in [0.05, 0.1) is 7.14 Å². The van der Waals surface area contributed by atoms with Gasteiger partial charge in [0.2, 0.25) is 0 Å². The van der Waals surface area contributed by atoms with E-state index >= 15 is 0 Å². The summed E-state index contributed by atoms with van der Waals surface area (Å²) in [4.78, 5) is 23.3. The van der Waals surface area contributed by atoms with Gasteiger partial charge in [-0.05, 0) is 85.0 Å². The molecule has 0 saturated heterocycles. The first kappa shape index (κ1) is 19.1. The average Bonchev–Trinajstić information content (AvgIpc) is 2.31. The lowest BCUT2D eigenvalue weighted by molar-refractivity contribution is -0.130. The zero-order valence-corrected chi connectivity index (χ0v) is 17.0. The van der Waals surface area contributed by atoms with Gasteiger partial charge in [-0.15, -0.1) is 0 Å². The first-order valence-corrected chi connectivity index (χ1v) is 8.57. The van der Waals surface area contributed by atoms with E-state index in [0.717, 1.165) is 11.1 Å². The highest BCUT2D eigenvalue weighted by atomic mass is 127. The molecule has 0 aliphatic rings. The molecule has 0 aliphatic heterocycles. The van der Waals surface area contributed by atoms with Crippen molar-refractivity contribution in [1.82, 2.24) is 0 Å². The molecule has 0 atom stereocenters. The van der Waals surface area contributed by atoms with Crippen LogP contribution in [-0.4, -0.2) is 11.9 Å². The summed E-state index contributed by atoms with van der Waals surface area (Å²) in [6, 6.07) is 3.31. The van der Waals surface area contributed by atoms with E-state index in [2.05, 4.69) is 0 Å². The third kappa shape index (κ3) is 6.47. The molecule has 118 valence electrons. The first-order valence-electron chi connectivity index (χ1n) is 6.41. The third-order valence-electron chi connectivity index (χ3n) is 2.21. The van der Waals surface area contributed by atoms with Gasteiger partial charge in [0.1, 0.15) is 5.75 Å². The standard InChI is InChI=1S/C16H16I2O4/c1-9(2)5-14(19)21-11-7-12(17)16(13(18)8-11)22-15(20)6-10(3)4/h5-8H,1-4H3. The van der Waals surface area contributed by atoms with Crippen LogP contribution in [0, 0.1) is 7.14 Å². The summed E-state index contributed by atoms with van der Waals surface area (Å²) in [5.41, 5.74) is 1.73. The molecule has 0 aliphatic carbocycles. The summed E-state index contributed by atoms with van der Waals surface area (Å²) in [6.07, 6.45) is 2.84. The molecule has 1 rings (SSSR count). The summed E-state index contributed by atoms with van der Waals surface area (Å²) >= 11 is 4.08. The average molecular weight is 526 g/mol. The van der Waals surface area contributed by atoms with Gasteiger partial charge in [-0.1, -0.05) is 11.1 Å². The molecule has 1 aromatic carbocycles. The highest BCUT2D eigenvalue weighted by Gasteiger charge is 2.14. The number of esters is 2. The number of ether oxygens (including phenoxy) is 2. The van der Waals surface area contributed by atoms with Gasteiger partial charge in [-0.2, -0.15) is 0 Å². The topological polar surface area (TPSA) is 52.6 Å². The SMILES string of the molecule is CC(C)=CC(=O)Oc1cc(I)c(OC(=O)C=C(C)C)c(I)c1. The lowest BCUT2D eigenvalue weighted by atomic mass is 10.3. The molecule has 0 unspecified atom stereocenters. The van der Waals surface area contributed by atoms with Gasteiger partial charge in [-0.25, -0.2) is 9.59 Å². The van der Waals surface area contributed by atoms with E-state index in [9.17, 15) is 9.59 Å². The van der Waals surface area contributed by atoms with Crippen LogP contribution >= 0.6 is 45.2 Å². The number of halogens is 2. The molecule has 0 N–H and O–H groups in total. The smallest absolute Gasteiger partial charge is 0.336 e. The summed E-state index contributed by atoms with van der Waals surface area (Å²) < 4.78 is 12.0. The minimum Gasteiger partial charge on any atom is -0.423 e. The van der Waals surface area contributed by atoms with Crippen LogP contribution in [0.15, 0.2) is 35.4 Å². The van der Waals surface area contributed by atoms with Gasteiger partial charge in [0, 0.05) is 12.2 Å². The zero-order valence-electron chi connectivity index (χ0n) is 12.7. The second-order valence-corrected chi connectivity index (χ2v) is 7.33. The molecule has 4 nitrogen and oxygen atoms in total. The first-order chi connectivity index (χ1) is 10.2. The molecule has 0 amide bonds. The fourth-order valence-corrected chi connectivity index (χ4v) is 3.37. The summed E-state index contributed by atoms with van der Waals surface area (Å²) in [7, 11) is 0. The van der Waals surface area contributed by atoms with E-state index in [4.69, 9.17) is 9.47 Å². The number of hydrogen-bond donors (Lipinski definition) is 0. The maximum absolute atomic E-state index is 11.7. The number of rotatable bonds is 4. The molecule has 0 fully saturated rings. The van der Waals surface area contributed by atoms with Crippen molar-refractivity contribution in [3.8, 4) is 11.5 Å². The van der Waals surface area contributed by atoms with Crippen molar-refractivity contribution < 1.29 is 19.1 Å². The quantitative estimate of drug-likeness (QED) is 0.249. The van der Waals surface area contributed by atoms with E-state index < -0.39 is 11.9 Å². The Morgan fingerprint density at radius 1 is 0.864 bits per heavy atom. The highest BCUT2D eigenvalue weighted by molar-refractivity contribution is 14.1. The van der Waals surface area contributed by atoms with Crippen LogP contribution in [-0.2, 0) is 9.59 Å². The Kier molecular flexibility index (Phi) is 7.54. The van der Waals surface area contributed by atoms with Crippen molar-refractivity contribution in [2.75, 3.05) is 0 Å². The van der Waals surface area contributed by atoms with Crippen LogP contribution in [0.4, 0.5) is 0 Å². The molecule has 22 heavy (non-hydrogen) atoms. The summed E-state index contributed by atoms with van der Waals surface area (Å²) in [5.74, 6) is 0.0232. The van der Waals surface area contributed by atoms with Crippen molar-refractivity contribution >= 4 is 57.1 Å². The molecule has 6 heteroatoms. The van der Waals surface area contributed by atoms with Gasteiger partial charge in [0.25, 0.3) is 0 Å². The molecule has 0 heterocycles. The summed E-state index contributed by atoms with van der Waals surface area (Å²) in [6.45, 7) is 7.28. The zero-order chi connectivity index (χ0) is 16.9. The van der Waals surface area contributed by atoms with Crippen LogP contribution in [0.1, 0.15) is 27.7 Å². The van der Waals surface area contributed by atoms with E-state index in [-0.39, 0.29) is 0 Å². The number of carbonyl (C=O) groups is 2. The molecule has 0 bridgehead atoms. The molecular weight excluding hydrogens is 510 g/mol. The lowest BCUT2D eigenvalue weighted by Crippen LogP contribution is -2.09. The maximum atomic E-state index is 11.7. The van der Waals surface area contributed by atoms with Crippen LogP contribution in [0.3, 0.4) is 0 Å². The highest BCUT2D eigenvalue weighted by Crippen LogP contribution is 2.32. The Bertz CT molecular complexity index is 629. The molecule has 0 saturated carbocycles. The monoisotopic (exact) mass is 526 g/mol. The largest absolute Gasteiger partial charge is 0.423 e. The number of allylic oxidation sites excluding steroid dienone is 2. The summed E-state index contributed by atoms with van der Waals surface area (Å²) in [5, 5.41) is 0. The minimum absolute atomic E-state index is 0.415. The lowest BCUT2D eigenvalue weighted by Gasteiger charge is -2.10. The van der Waals surface area contributed by atoms with E-state index in [0.29, 0.717) is 18.6 Å². The fourth-order valence-electron chi connectivity index (χ4n) is 1.44. The van der Waals surface area contributed by atoms with Gasteiger partial charge in [0.15, 0.2) is 5.75 Å². The minimum atomic E-state index is -0.430. The van der Waals surface area contributed by atoms with Crippen molar-refractivity contribution in [3.63, 3.8) is 0 Å². The predicted octanol–water partition coefficient (Wildman–Crippen LogP) is 4.64. The van der Waals surface area contributed by atoms with Crippen molar-refractivity contribution in [2.24, 2.45) is 0 Å². The maximum Gasteiger partial charge on any atom is 0.336 e. The molecule has 1 aromatic rings. The Hall–Kier alpha value is -0.900. The van der Waals surface area contributed by atoms with Crippen molar-refractivity contribution in [2.45, 2.75) is 27.7 Å². The fraction of sp³-hybridized carbons (Fsp3) is 0.250. The van der Waals surface area contributed by atoms with E-state index in [1.807, 2.05) is 72.9 Å². The molecular formula is C16H16I2O4. The Balaban J connectivity index is 2.98. The number of hydrogen-bond acceptors (Lipinski definition) is 4. The van der Waals surface area contributed by atoms with E-state index in [1.165, 1.54) is 12.2 Å². The second-order valence-electron chi connectivity index (χ2n) is 5.00. The van der Waals surface area contributed by atoms with Crippen molar-refractivity contribution in [3.05, 3.63) is 42.6 Å². The van der Waals surface area contributed by atoms with Gasteiger partial charge >= 0.3 is 11.9 Å². The van der Waals surface area contributed by atoms with Crippen LogP contribution in [0.2, 0.25) is 0 Å². The Labute approximate surface area is 157 Å². The van der Waals surface area contributed by atoms with Crippen LogP contribution < -0.4 is 9.47 Å². The Morgan fingerprint density at radius 3 is 1.68 bits per heavy atom. The molecule has 0 spiro atoms. The normalized spacial score (nSPS) is 9.73. The molecule has 0 radical (unpaired) electrons. The molecule has 0 aromatic heterocycles. The number of benzene rings is 1. The second kappa shape index (κ2) is 8.66. The predicted molar refractivity (Wildman–Crippen MR) is 102 cm³/mol. The van der Waals surface area contributed by atoms with Gasteiger partial charge < -0.3 is 9.47 Å². The van der Waals surface area contributed by atoms with E-state index in [1.54, 1.807) is 12.1 Å². The van der Waals surface area contributed by atoms with Crippen LogP contribution in [0.5, 0.6) is 11.5 Å². The number of carbonyl (C=O) groups excluding carboxylic acids is 2.